The molecule has 0 aliphatic heterocycles. The van der Waals surface area contributed by atoms with Crippen molar-refractivity contribution >= 4 is 17.4 Å². The van der Waals surface area contributed by atoms with E-state index in [1.165, 1.54) is 0 Å². The number of hydrogen-bond acceptors (Lipinski definition) is 4. The van der Waals surface area contributed by atoms with Gasteiger partial charge in [0, 0.05) is 20.7 Å². The van der Waals surface area contributed by atoms with Gasteiger partial charge in [0.25, 0.3) is 0 Å². The van der Waals surface area contributed by atoms with Crippen LogP contribution < -0.4 is 5.73 Å². The van der Waals surface area contributed by atoms with Crippen molar-refractivity contribution in [3.05, 3.63) is 29.3 Å². The molecule has 22 heavy (non-hydrogen) atoms. The van der Waals surface area contributed by atoms with Crippen molar-refractivity contribution in [3.63, 3.8) is 0 Å². The Morgan fingerprint density at radius 3 is 2.91 bits per heavy atom. The Kier molecular flexibility index (Phi) is 5.15. The van der Waals surface area contributed by atoms with Gasteiger partial charge < -0.3 is 20.5 Å². The Hall–Kier alpha value is -1.92. The fourth-order valence-corrected chi connectivity index (χ4v) is 2.68. The maximum Gasteiger partial charge on any atom is 0.227 e. The van der Waals surface area contributed by atoms with Crippen LogP contribution in [0.1, 0.15) is 24.0 Å². The molecule has 1 aliphatic rings. The molecule has 0 heterocycles. The van der Waals surface area contributed by atoms with Crippen molar-refractivity contribution in [2.45, 2.75) is 25.4 Å². The molecule has 0 aromatic heterocycles. The van der Waals surface area contributed by atoms with Crippen LogP contribution in [0.2, 0.25) is 0 Å². The number of nitrogens with two attached hydrogens (primary N) is 1. The zero-order valence-corrected chi connectivity index (χ0v) is 13.2. The van der Waals surface area contributed by atoms with E-state index in [2.05, 4.69) is 4.99 Å². The monoisotopic (exact) mass is 305 g/mol. The average Bonchev–Trinajstić information content (AvgIpc) is 2.79. The number of carbonyl (C=O) groups excluding carboxylic acids is 1. The van der Waals surface area contributed by atoms with Gasteiger partial charge in [-0.3, -0.25) is 4.79 Å². The van der Waals surface area contributed by atoms with Gasteiger partial charge in [-0.25, -0.2) is 4.99 Å². The maximum absolute atomic E-state index is 11.5. The second-order valence-corrected chi connectivity index (χ2v) is 5.61. The van der Waals surface area contributed by atoms with Gasteiger partial charge in [0.15, 0.2) is 0 Å². The van der Waals surface area contributed by atoms with Gasteiger partial charge in [-0.2, -0.15) is 0 Å². The summed E-state index contributed by atoms with van der Waals surface area (Å²) in [7, 11) is 3.61. The topological polar surface area (TPSA) is 88.1 Å². The molecule has 0 saturated carbocycles. The van der Waals surface area contributed by atoms with Gasteiger partial charge in [0.05, 0.1) is 24.3 Å². The van der Waals surface area contributed by atoms with E-state index in [9.17, 15) is 9.90 Å². The quantitative estimate of drug-likeness (QED) is 0.622. The number of amides is 1. The second-order valence-electron chi connectivity index (χ2n) is 5.61. The van der Waals surface area contributed by atoms with E-state index in [0.717, 1.165) is 29.2 Å². The smallest absolute Gasteiger partial charge is 0.227 e. The van der Waals surface area contributed by atoms with Crippen LogP contribution in [0.15, 0.2) is 23.2 Å². The number of aliphatic hydroxyl groups excluding tert-OH is 1. The fourth-order valence-electron chi connectivity index (χ4n) is 2.68. The molecule has 6 nitrogen and oxygen atoms in total. The lowest BCUT2D eigenvalue weighted by Crippen LogP contribution is -2.28. The molecule has 1 aliphatic carbocycles. The Morgan fingerprint density at radius 2 is 2.27 bits per heavy atom. The number of hydrogen-bond donors (Lipinski definition) is 2. The number of likely N-dealkylation sites (N-methyl/N-ethyl adjacent to an activating group) is 1. The van der Waals surface area contributed by atoms with Crippen LogP contribution in [0.4, 0.5) is 5.69 Å². The number of fused-ring (bicyclic) bond motifs is 1. The number of aliphatic imine (C=N–C) groups is 1. The molecule has 0 radical (unpaired) electrons. The fraction of sp³-hybridized carbons (Fsp3) is 0.500. The van der Waals surface area contributed by atoms with Gasteiger partial charge in [-0.05, 0) is 36.6 Å². The van der Waals surface area contributed by atoms with E-state index in [0.29, 0.717) is 13.0 Å². The Labute approximate surface area is 130 Å². The highest BCUT2D eigenvalue weighted by Gasteiger charge is 2.35. The summed E-state index contributed by atoms with van der Waals surface area (Å²) in [6, 6.07) is 5.64. The number of nitrogens with zero attached hydrogens (tertiary/aromatic N) is 2. The third kappa shape index (κ3) is 3.45. The average molecular weight is 305 g/mol. The molecular weight excluding hydrogens is 282 g/mol. The number of benzene rings is 1. The summed E-state index contributed by atoms with van der Waals surface area (Å²) in [5, 5.41) is 9.98. The second kappa shape index (κ2) is 6.89. The lowest BCUT2D eigenvalue weighted by Gasteiger charge is -2.18. The normalized spacial score (nSPS) is 20.8. The molecule has 1 amide bonds. The lowest BCUT2D eigenvalue weighted by atomic mass is 9.99. The highest BCUT2D eigenvalue weighted by atomic mass is 16.5. The predicted octanol–water partition coefficient (Wildman–Crippen LogP) is 0.801. The number of amidine groups is 1. The van der Waals surface area contributed by atoms with Gasteiger partial charge >= 0.3 is 0 Å². The summed E-state index contributed by atoms with van der Waals surface area (Å²) >= 11 is 0. The number of carbonyl (C=O) groups is 1. The minimum Gasteiger partial charge on any atom is -0.392 e. The number of aliphatic hydroxyl groups is 1. The van der Waals surface area contributed by atoms with E-state index in [4.69, 9.17) is 10.5 Å². The van der Waals surface area contributed by atoms with Crippen LogP contribution in [-0.2, 0) is 16.0 Å². The van der Waals surface area contributed by atoms with E-state index < -0.39 is 17.9 Å². The summed E-state index contributed by atoms with van der Waals surface area (Å²) in [4.78, 5) is 18.1. The van der Waals surface area contributed by atoms with Gasteiger partial charge in [0.2, 0.25) is 5.91 Å². The van der Waals surface area contributed by atoms with Crippen LogP contribution >= 0.6 is 0 Å². The number of methoxy groups -OCH3 is 1. The van der Waals surface area contributed by atoms with Crippen molar-refractivity contribution in [3.8, 4) is 0 Å². The Balaban J connectivity index is 2.23. The molecule has 6 heteroatoms. The first-order chi connectivity index (χ1) is 10.4. The maximum atomic E-state index is 11.5. The van der Waals surface area contributed by atoms with Crippen molar-refractivity contribution in [2.75, 3.05) is 27.3 Å². The Morgan fingerprint density at radius 1 is 1.55 bits per heavy atom. The lowest BCUT2D eigenvalue weighted by molar-refractivity contribution is -0.121. The number of primary amides is 1. The minimum absolute atomic E-state index is 0.458. The molecule has 3 N–H and O–H groups in total. The van der Waals surface area contributed by atoms with E-state index >= 15 is 0 Å². The molecule has 0 bridgehead atoms. The third-order valence-electron chi connectivity index (χ3n) is 4.06. The van der Waals surface area contributed by atoms with E-state index in [1.54, 1.807) is 7.11 Å². The van der Waals surface area contributed by atoms with Crippen molar-refractivity contribution in [1.29, 1.82) is 0 Å². The van der Waals surface area contributed by atoms with Crippen molar-refractivity contribution in [2.24, 2.45) is 10.7 Å². The molecule has 0 fully saturated rings. The summed E-state index contributed by atoms with van der Waals surface area (Å²) < 4.78 is 5.05. The first-order valence-corrected chi connectivity index (χ1v) is 7.29. The Bertz CT molecular complexity index is 586. The molecule has 2 unspecified atom stereocenters. The van der Waals surface area contributed by atoms with Crippen LogP contribution in [0.25, 0.3) is 0 Å². The van der Waals surface area contributed by atoms with Crippen molar-refractivity contribution < 1.29 is 14.6 Å². The van der Waals surface area contributed by atoms with Gasteiger partial charge in [0.1, 0.15) is 5.84 Å². The molecule has 1 aromatic carbocycles. The number of ether oxygens (including phenoxy) is 1. The largest absolute Gasteiger partial charge is 0.392 e. The summed E-state index contributed by atoms with van der Waals surface area (Å²) in [6.07, 6.45) is -0.281. The summed E-state index contributed by atoms with van der Waals surface area (Å²) in [6.45, 7) is 3.30. The number of rotatable bonds is 5. The summed E-state index contributed by atoms with van der Waals surface area (Å²) in [5.41, 5.74) is 7.90. The molecule has 0 spiro atoms. The first kappa shape index (κ1) is 16.5. The van der Waals surface area contributed by atoms with Crippen LogP contribution in [-0.4, -0.2) is 55.2 Å². The zero-order valence-electron chi connectivity index (χ0n) is 13.2. The third-order valence-corrected chi connectivity index (χ3v) is 4.06. The molecular formula is C16H23N3O3. The predicted molar refractivity (Wildman–Crippen MR) is 85.4 cm³/mol. The highest BCUT2D eigenvalue weighted by Crippen LogP contribution is 2.35. The highest BCUT2D eigenvalue weighted by molar-refractivity contribution is 5.85. The van der Waals surface area contributed by atoms with Crippen LogP contribution in [0, 0.1) is 0 Å². The molecule has 120 valence electrons. The molecule has 1 aromatic rings. The van der Waals surface area contributed by atoms with Crippen LogP contribution in [0.5, 0.6) is 0 Å². The molecule has 0 saturated heterocycles. The van der Waals surface area contributed by atoms with E-state index in [1.807, 2.05) is 37.1 Å². The van der Waals surface area contributed by atoms with Gasteiger partial charge in [-0.15, -0.1) is 0 Å². The molecule has 2 atom stereocenters. The molecule has 2 rings (SSSR count). The summed E-state index contributed by atoms with van der Waals surface area (Å²) in [5.74, 6) is -0.288. The van der Waals surface area contributed by atoms with E-state index in [-0.39, 0.29) is 0 Å². The van der Waals surface area contributed by atoms with Crippen LogP contribution in [0.3, 0.4) is 0 Å². The minimum atomic E-state index is -0.739. The standard InChI is InChI=1S/C16H23N3O3/c1-10(19(2)6-7-22-3)18-12-5-4-11-8-14(20)15(16(17)21)13(11)9-12/h4-5,9,14-15,20H,6-8H2,1-3H3,(H2,17,21). The zero-order chi connectivity index (χ0) is 16.3. The SMILES string of the molecule is COCCN(C)C(C)=Nc1ccc2c(c1)C(C(N)=O)C(O)C2. The first-order valence-electron chi connectivity index (χ1n) is 7.29. The van der Waals surface area contributed by atoms with Crippen molar-refractivity contribution in [1.82, 2.24) is 4.90 Å². The van der Waals surface area contributed by atoms with Gasteiger partial charge in [-0.1, -0.05) is 6.07 Å².